The summed E-state index contributed by atoms with van der Waals surface area (Å²) in [6, 6.07) is 15.0. The Bertz CT molecular complexity index is 798. The van der Waals surface area contributed by atoms with Crippen LogP contribution in [-0.2, 0) is 4.74 Å². The number of ether oxygens (including phenoxy) is 1. The molecule has 1 heterocycles. The Labute approximate surface area is 133 Å². The molecule has 0 unspecified atom stereocenters. The fourth-order valence-corrected chi connectivity index (χ4v) is 2.25. The van der Waals surface area contributed by atoms with Crippen LogP contribution in [0.5, 0.6) is 0 Å². The SMILES string of the molecule is Cc1ccc([C@H](C)OC(=O)c2ccccc2-n2cnnn2)cc1. The fourth-order valence-electron chi connectivity index (χ4n) is 2.25. The van der Waals surface area contributed by atoms with Crippen LogP contribution in [0.2, 0.25) is 0 Å². The number of aryl methyl sites for hydroxylation is 1. The van der Waals surface area contributed by atoms with Crippen LogP contribution in [0.4, 0.5) is 0 Å². The molecule has 3 aromatic rings. The maximum atomic E-state index is 12.5. The molecule has 0 bridgehead atoms. The Morgan fingerprint density at radius 2 is 1.87 bits per heavy atom. The molecule has 0 N–H and O–H groups in total. The molecule has 116 valence electrons. The van der Waals surface area contributed by atoms with E-state index in [2.05, 4.69) is 15.5 Å². The highest BCUT2D eigenvalue weighted by atomic mass is 16.5. The Balaban J connectivity index is 1.83. The molecule has 0 radical (unpaired) electrons. The molecule has 1 atom stereocenters. The van der Waals surface area contributed by atoms with Gasteiger partial charge in [-0.3, -0.25) is 0 Å². The standard InChI is InChI=1S/C17H16N4O2/c1-12-7-9-14(10-8-12)13(2)23-17(22)15-5-3-4-6-16(15)21-11-18-19-20-21/h3-11,13H,1-2H3/t13-/m0/s1. The molecular weight excluding hydrogens is 292 g/mol. The summed E-state index contributed by atoms with van der Waals surface area (Å²) in [5.41, 5.74) is 3.11. The molecule has 0 aliphatic rings. The van der Waals surface area contributed by atoms with Gasteiger partial charge in [-0.25, -0.2) is 4.79 Å². The van der Waals surface area contributed by atoms with E-state index in [0.29, 0.717) is 11.3 Å². The molecule has 6 nitrogen and oxygen atoms in total. The van der Waals surface area contributed by atoms with Gasteiger partial charge < -0.3 is 4.74 Å². The van der Waals surface area contributed by atoms with Crippen LogP contribution in [0.25, 0.3) is 5.69 Å². The minimum atomic E-state index is -0.413. The second-order valence-electron chi connectivity index (χ2n) is 5.23. The molecule has 6 heteroatoms. The lowest BCUT2D eigenvalue weighted by Gasteiger charge is -2.15. The normalized spacial score (nSPS) is 11.9. The van der Waals surface area contributed by atoms with Crippen molar-refractivity contribution in [1.82, 2.24) is 20.2 Å². The first kappa shape index (κ1) is 14.9. The number of carbonyl (C=O) groups excluding carboxylic acids is 1. The van der Waals surface area contributed by atoms with Gasteiger partial charge in [0.05, 0.1) is 11.3 Å². The summed E-state index contributed by atoms with van der Waals surface area (Å²) in [5, 5.41) is 11.0. The molecule has 1 aromatic heterocycles. The summed E-state index contributed by atoms with van der Waals surface area (Å²) in [6.07, 6.45) is 1.10. The third kappa shape index (κ3) is 3.26. The van der Waals surface area contributed by atoms with Gasteiger partial charge in [-0.05, 0) is 42.0 Å². The first-order valence-corrected chi connectivity index (χ1v) is 7.25. The van der Waals surface area contributed by atoms with Crippen LogP contribution in [-0.4, -0.2) is 26.2 Å². The maximum Gasteiger partial charge on any atom is 0.340 e. The molecular formula is C17H16N4O2. The zero-order valence-electron chi connectivity index (χ0n) is 12.9. The fraction of sp³-hybridized carbons (Fsp3) is 0.176. The minimum absolute atomic E-state index is 0.343. The van der Waals surface area contributed by atoms with Gasteiger partial charge in [0, 0.05) is 0 Å². The van der Waals surface area contributed by atoms with Gasteiger partial charge in [0.25, 0.3) is 0 Å². The van der Waals surface area contributed by atoms with Gasteiger partial charge in [0.1, 0.15) is 12.4 Å². The average molecular weight is 308 g/mol. The molecule has 0 saturated heterocycles. The molecule has 0 spiro atoms. The van der Waals surface area contributed by atoms with Crippen molar-refractivity contribution in [3.8, 4) is 5.69 Å². The maximum absolute atomic E-state index is 12.5. The first-order chi connectivity index (χ1) is 11.1. The molecule has 0 aliphatic carbocycles. The van der Waals surface area contributed by atoms with E-state index in [1.54, 1.807) is 18.2 Å². The van der Waals surface area contributed by atoms with E-state index in [9.17, 15) is 4.79 Å². The molecule has 2 aromatic carbocycles. The largest absolute Gasteiger partial charge is 0.454 e. The molecule has 0 aliphatic heterocycles. The van der Waals surface area contributed by atoms with Crippen molar-refractivity contribution in [2.75, 3.05) is 0 Å². The smallest absolute Gasteiger partial charge is 0.340 e. The zero-order chi connectivity index (χ0) is 16.2. The van der Waals surface area contributed by atoms with Gasteiger partial charge in [-0.2, -0.15) is 4.68 Å². The lowest BCUT2D eigenvalue weighted by atomic mass is 10.1. The first-order valence-electron chi connectivity index (χ1n) is 7.25. The lowest BCUT2D eigenvalue weighted by Crippen LogP contribution is -2.12. The summed E-state index contributed by atoms with van der Waals surface area (Å²) in [4.78, 5) is 12.5. The molecule has 0 fully saturated rings. The van der Waals surface area contributed by atoms with E-state index in [4.69, 9.17) is 4.74 Å². The Morgan fingerprint density at radius 3 is 2.57 bits per heavy atom. The number of carbonyl (C=O) groups is 1. The summed E-state index contributed by atoms with van der Waals surface area (Å²) < 4.78 is 7.02. The predicted octanol–water partition coefficient (Wildman–Crippen LogP) is 2.89. The second kappa shape index (κ2) is 6.39. The quantitative estimate of drug-likeness (QED) is 0.693. The number of rotatable bonds is 4. The monoisotopic (exact) mass is 308 g/mol. The molecule has 0 amide bonds. The van der Waals surface area contributed by atoms with Crippen molar-refractivity contribution < 1.29 is 9.53 Å². The number of hydrogen-bond donors (Lipinski definition) is 0. The van der Waals surface area contributed by atoms with E-state index < -0.39 is 5.97 Å². The topological polar surface area (TPSA) is 69.9 Å². The second-order valence-corrected chi connectivity index (χ2v) is 5.23. The van der Waals surface area contributed by atoms with Crippen molar-refractivity contribution >= 4 is 5.97 Å². The highest BCUT2D eigenvalue weighted by Crippen LogP contribution is 2.21. The Morgan fingerprint density at radius 1 is 1.13 bits per heavy atom. The highest BCUT2D eigenvalue weighted by molar-refractivity contribution is 5.93. The summed E-state index contributed by atoms with van der Waals surface area (Å²) in [5.74, 6) is -0.413. The number of aromatic nitrogens is 4. The number of para-hydroxylation sites is 1. The van der Waals surface area contributed by atoms with Gasteiger partial charge in [-0.15, -0.1) is 5.10 Å². The van der Waals surface area contributed by atoms with E-state index >= 15 is 0 Å². The summed E-state index contributed by atoms with van der Waals surface area (Å²) >= 11 is 0. The van der Waals surface area contributed by atoms with Crippen molar-refractivity contribution in [3.63, 3.8) is 0 Å². The van der Waals surface area contributed by atoms with E-state index in [1.807, 2.05) is 44.2 Å². The van der Waals surface area contributed by atoms with Crippen molar-refractivity contribution in [2.45, 2.75) is 20.0 Å². The van der Waals surface area contributed by atoms with Crippen molar-refractivity contribution in [2.24, 2.45) is 0 Å². The predicted molar refractivity (Wildman–Crippen MR) is 84.2 cm³/mol. The van der Waals surface area contributed by atoms with Crippen LogP contribution in [0.3, 0.4) is 0 Å². The van der Waals surface area contributed by atoms with Crippen LogP contribution in [0, 0.1) is 6.92 Å². The number of nitrogens with zero attached hydrogens (tertiary/aromatic N) is 4. The van der Waals surface area contributed by atoms with E-state index in [1.165, 1.54) is 11.0 Å². The van der Waals surface area contributed by atoms with Crippen molar-refractivity contribution in [3.05, 3.63) is 71.5 Å². The Hall–Kier alpha value is -3.02. The Kier molecular flexibility index (Phi) is 4.14. The van der Waals surface area contributed by atoms with E-state index in [0.717, 1.165) is 11.1 Å². The van der Waals surface area contributed by atoms with Crippen LogP contribution in [0.1, 0.15) is 34.5 Å². The molecule has 0 saturated carbocycles. The summed E-state index contributed by atoms with van der Waals surface area (Å²) in [7, 11) is 0. The van der Waals surface area contributed by atoms with Crippen molar-refractivity contribution in [1.29, 1.82) is 0 Å². The minimum Gasteiger partial charge on any atom is -0.454 e. The number of hydrogen-bond acceptors (Lipinski definition) is 5. The molecule has 3 rings (SSSR count). The number of tetrazole rings is 1. The average Bonchev–Trinajstić information content (AvgIpc) is 3.09. The lowest BCUT2D eigenvalue weighted by molar-refractivity contribution is 0.0338. The third-order valence-corrected chi connectivity index (χ3v) is 3.55. The summed E-state index contributed by atoms with van der Waals surface area (Å²) in [6.45, 7) is 3.87. The van der Waals surface area contributed by atoms with Crippen LogP contribution >= 0.6 is 0 Å². The number of esters is 1. The third-order valence-electron chi connectivity index (χ3n) is 3.55. The van der Waals surface area contributed by atoms with E-state index in [-0.39, 0.29) is 6.10 Å². The van der Waals surface area contributed by atoms with Gasteiger partial charge >= 0.3 is 5.97 Å². The van der Waals surface area contributed by atoms with Gasteiger partial charge in [0.2, 0.25) is 0 Å². The van der Waals surface area contributed by atoms with Crippen LogP contribution < -0.4 is 0 Å². The molecule has 23 heavy (non-hydrogen) atoms. The van der Waals surface area contributed by atoms with Crippen LogP contribution in [0.15, 0.2) is 54.9 Å². The highest BCUT2D eigenvalue weighted by Gasteiger charge is 2.18. The van der Waals surface area contributed by atoms with Gasteiger partial charge in [0.15, 0.2) is 0 Å². The van der Waals surface area contributed by atoms with Gasteiger partial charge in [-0.1, -0.05) is 42.0 Å². The zero-order valence-corrected chi connectivity index (χ0v) is 12.9. The number of benzene rings is 2.